The SMILES string of the molecule is CC1=C(N)CCCCCC1. The molecule has 1 aliphatic rings. The first-order valence-electron chi connectivity index (χ1n) is 4.25. The van der Waals surface area contributed by atoms with E-state index in [1.165, 1.54) is 37.7 Å². The molecule has 0 amide bonds. The number of hydrogen-bond donors (Lipinski definition) is 1. The summed E-state index contributed by atoms with van der Waals surface area (Å²) in [7, 11) is 0. The van der Waals surface area contributed by atoms with Gasteiger partial charge in [-0.3, -0.25) is 0 Å². The largest absolute Gasteiger partial charge is 0.402 e. The van der Waals surface area contributed by atoms with Gasteiger partial charge in [-0.2, -0.15) is 0 Å². The van der Waals surface area contributed by atoms with Gasteiger partial charge in [0.25, 0.3) is 0 Å². The van der Waals surface area contributed by atoms with E-state index >= 15 is 0 Å². The molecule has 0 aromatic carbocycles. The van der Waals surface area contributed by atoms with Crippen molar-refractivity contribution in [2.45, 2.75) is 45.4 Å². The van der Waals surface area contributed by atoms with Gasteiger partial charge in [-0.15, -0.1) is 0 Å². The second-order valence-electron chi connectivity index (χ2n) is 3.22. The lowest BCUT2D eigenvalue weighted by Gasteiger charge is -2.11. The van der Waals surface area contributed by atoms with Crippen molar-refractivity contribution in [3.63, 3.8) is 0 Å². The van der Waals surface area contributed by atoms with Crippen molar-refractivity contribution in [2.24, 2.45) is 5.73 Å². The highest BCUT2D eigenvalue weighted by atomic mass is 14.6. The van der Waals surface area contributed by atoms with Crippen molar-refractivity contribution < 1.29 is 0 Å². The van der Waals surface area contributed by atoms with E-state index in [0.717, 1.165) is 12.1 Å². The Morgan fingerprint density at radius 3 is 2.30 bits per heavy atom. The molecule has 0 aliphatic heterocycles. The lowest BCUT2D eigenvalue weighted by molar-refractivity contribution is 0.608. The summed E-state index contributed by atoms with van der Waals surface area (Å²) in [6, 6.07) is 0. The van der Waals surface area contributed by atoms with Gasteiger partial charge in [0.2, 0.25) is 0 Å². The maximum atomic E-state index is 5.83. The summed E-state index contributed by atoms with van der Waals surface area (Å²) in [6.07, 6.45) is 7.76. The van der Waals surface area contributed by atoms with E-state index in [4.69, 9.17) is 5.73 Å². The lowest BCUT2D eigenvalue weighted by Crippen LogP contribution is -2.03. The molecule has 0 bridgehead atoms. The Morgan fingerprint density at radius 2 is 1.60 bits per heavy atom. The average Bonchev–Trinajstić information content (AvgIpc) is 1.92. The number of rotatable bonds is 0. The predicted molar refractivity (Wildman–Crippen MR) is 44.6 cm³/mol. The van der Waals surface area contributed by atoms with Gasteiger partial charge in [-0.25, -0.2) is 0 Å². The lowest BCUT2D eigenvalue weighted by atomic mass is 9.99. The molecular formula is C9H17N. The fourth-order valence-corrected chi connectivity index (χ4v) is 1.43. The molecule has 1 nitrogen and oxygen atoms in total. The van der Waals surface area contributed by atoms with Crippen LogP contribution in [0.3, 0.4) is 0 Å². The summed E-state index contributed by atoms with van der Waals surface area (Å²) in [5, 5.41) is 0. The molecule has 1 aliphatic carbocycles. The molecule has 0 unspecified atom stereocenters. The van der Waals surface area contributed by atoms with Crippen LogP contribution < -0.4 is 5.73 Å². The Balaban J connectivity index is 2.51. The minimum absolute atomic E-state index is 1.13. The number of hydrogen-bond acceptors (Lipinski definition) is 1. The van der Waals surface area contributed by atoms with Crippen molar-refractivity contribution in [3.05, 3.63) is 11.3 Å². The second kappa shape index (κ2) is 3.65. The highest BCUT2D eigenvalue weighted by Crippen LogP contribution is 2.19. The summed E-state index contributed by atoms with van der Waals surface area (Å²) in [5.41, 5.74) is 8.41. The highest BCUT2D eigenvalue weighted by Gasteiger charge is 2.02. The summed E-state index contributed by atoms with van der Waals surface area (Å²) in [6.45, 7) is 2.17. The van der Waals surface area contributed by atoms with E-state index in [1.807, 2.05) is 0 Å². The molecule has 1 rings (SSSR count). The third-order valence-corrected chi connectivity index (χ3v) is 2.30. The molecular weight excluding hydrogens is 122 g/mol. The van der Waals surface area contributed by atoms with Crippen molar-refractivity contribution >= 4 is 0 Å². The number of nitrogens with two attached hydrogens (primary N) is 1. The summed E-state index contributed by atoms with van der Waals surface area (Å²) < 4.78 is 0. The van der Waals surface area contributed by atoms with Crippen LogP contribution in [0, 0.1) is 0 Å². The molecule has 0 aromatic rings. The van der Waals surface area contributed by atoms with Gasteiger partial charge in [-0.05, 0) is 32.6 Å². The van der Waals surface area contributed by atoms with Crippen LogP contribution in [0.1, 0.15) is 45.4 Å². The molecule has 0 saturated carbocycles. The topological polar surface area (TPSA) is 26.0 Å². The maximum absolute atomic E-state index is 5.83. The molecule has 0 saturated heterocycles. The van der Waals surface area contributed by atoms with Gasteiger partial charge in [-0.1, -0.05) is 18.4 Å². The Labute approximate surface area is 63.3 Å². The van der Waals surface area contributed by atoms with Crippen molar-refractivity contribution in [2.75, 3.05) is 0 Å². The van der Waals surface area contributed by atoms with Gasteiger partial charge in [0.15, 0.2) is 0 Å². The molecule has 10 heavy (non-hydrogen) atoms. The van der Waals surface area contributed by atoms with Crippen LogP contribution in [0.25, 0.3) is 0 Å². The third kappa shape index (κ3) is 2.05. The fourth-order valence-electron chi connectivity index (χ4n) is 1.43. The minimum Gasteiger partial charge on any atom is -0.402 e. The van der Waals surface area contributed by atoms with Crippen molar-refractivity contribution in [3.8, 4) is 0 Å². The zero-order valence-corrected chi connectivity index (χ0v) is 6.82. The Hall–Kier alpha value is -0.460. The molecule has 1 heteroatoms. The zero-order chi connectivity index (χ0) is 7.40. The molecule has 0 aromatic heterocycles. The number of allylic oxidation sites excluding steroid dienone is 2. The van der Waals surface area contributed by atoms with Crippen LogP contribution in [0.15, 0.2) is 11.3 Å². The molecule has 0 radical (unpaired) electrons. The summed E-state index contributed by atoms with van der Waals surface area (Å²) >= 11 is 0. The first kappa shape index (κ1) is 7.64. The minimum atomic E-state index is 1.13. The normalized spacial score (nSPS) is 22.1. The van der Waals surface area contributed by atoms with E-state index in [9.17, 15) is 0 Å². The van der Waals surface area contributed by atoms with E-state index < -0.39 is 0 Å². The Morgan fingerprint density at radius 1 is 1.00 bits per heavy atom. The van der Waals surface area contributed by atoms with Crippen LogP contribution in [-0.2, 0) is 0 Å². The maximum Gasteiger partial charge on any atom is 0.00695 e. The Kier molecular flexibility index (Phi) is 2.79. The second-order valence-corrected chi connectivity index (χ2v) is 3.22. The van der Waals surface area contributed by atoms with Gasteiger partial charge in [0.05, 0.1) is 0 Å². The monoisotopic (exact) mass is 139 g/mol. The standard InChI is InChI=1S/C9H17N/c1-8-6-4-2-3-5-7-9(8)10/h2-7,10H2,1H3. The molecule has 0 spiro atoms. The van der Waals surface area contributed by atoms with Gasteiger partial charge < -0.3 is 5.73 Å². The Bertz CT molecular complexity index is 120. The summed E-state index contributed by atoms with van der Waals surface area (Å²) in [5.74, 6) is 0. The highest BCUT2D eigenvalue weighted by molar-refractivity contribution is 5.08. The van der Waals surface area contributed by atoms with Crippen LogP contribution in [0.4, 0.5) is 0 Å². The molecule has 0 heterocycles. The van der Waals surface area contributed by atoms with E-state index in [1.54, 1.807) is 0 Å². The smallest absolute Gasteiger partial charge is 0.00695 e. The zero-order valence-electron chi connectivity index (χ0n) is 6.82. The van der Waals surface area contributed by atoms with E-state index in [-0.39, 0.29) is 0 Å². The van der Waals surface area contributed by atoms with E-state index in [0.29, 0.717) is 0 Å². The van der Waals surface area contributed by atoms with Crippen LogP contribution >= 0.6 is 0 Å². The van der Waals surface area contributed by atoms with Crippen LogP contribution in [0.2, 0.25) is 0 Å². The average molecular weight is 139 g/mol. The molecule has 2 N–H and O–H groups in total. The third-order valence-electron chi connectivity index (χ3n) is 2.30. The molecule has 0 atom stereocenters. The van der Waals surface area contributed by atoms with Crippen molar-refractivity contribution in [1.82, 2.24) is 0 Å². The van der Waals surface area contributed by atoms with Crippen molar-refractivity contribution in [1.29, 1.82) is 0 Å². The van der Waals surface area contributed by atoms with Crippen LogP contribution in [0.5, 0.6) is 0 Å². The molecule has 0 fully saturated rings. The van der Waals surface area contributed by atoms with Gasteiger partial charge >= 0.3 is 0 Å². The first-order valence-corrected chi connectivity index (χ1v) is 4.25. The summed E-state index contributed by atoms with van der Waals surface area (Å²) in [4.78, 5) is 0. The van der Waals surface area contributed by atoms with Gasteiger partial charge in [0.1, 0.15) is 0 Å². The van der Waals surface area contributed by atoms with Crippen LogP contribution in [-0.4, -0.2) is 0 Å². The van der Waals surface area contributed by atoms with E-state index in [2.05, 4.69) is 6.92 Å². The quantitative estimate of drug-likeness (QED) is 0.548. The van der Waals surface area contributed by atoms with Gasteiger partial charge in [0, 0.05) is 5.70 Å². The first-order chi connectivity index (χ1) is 4.80. The predicted octanol–water partition coefficient (Wildman–Crippen LogP) is 2.57. The molecule has 58 valence electrons. The fraction of sp³-hybridized carbons (Fsp3) is 0.778.